The summed E-state index contributed by atoms with van der Waals surface area (Å²) in [7, 11) is 0. The lowest BCUT2D eigenvalue weighted by Crippen LogP contribution is -2.51. The van der Waals surface area contributed by atoms with Gasteiger partial charge in [0.15, 0.2) is 0 Å². The minimum absolute atomic E-state index is 0.115. The molecule has 2 aliphatic heterocycles. The summed E-state index contributed by atoms with van der Waals surface area (Å²) in [6.45, 7) is 11.4. The normalized spacial score (nSPS) is 26.9. The number of carbonyl (C=O) groups is 2. The van der Waals surface area contributed by atoms with Crippen molar-refractivity contribution in [2.45, 2.75) is 51.7 Å². The number of carbonyl (C=O) groups excluding carboxylic acids is 2. The third-order valence-electron chi connectivity index (χ3n) is 4.01. The molecule has 0 spiro atoms. The lowest BCUT2D eigenvalue weighted by Gasteiger charge is -2.38. The van der Waals surface area contributed by atoms with Crippen molar-refractivity contribution in [2.24, 2.45) is 5.92 Å². The van der Waals surface area contributed by atoms with Crippen LogP contribution < -0.4 is 0 Å². The minimum atomic E-state index is -0.485. The molecule has 0 N–H and O–H groups in total. The molecule has 2 unspecified atom stereocenters. The van der Waals surface area contributed by atoms with Crippen LogP contribution in [-0.4, -0.2) is 53.1 Å². The molecule has 21 heavy (non-hydrogen) atoms. The van der Waals surface area contributed by atoms with E-state index in [1.54, 1.807) is 4.90 Å². The summed E-state index contributed by atoms with van der Waals surface area (Å²) < 4.78 is 5.42. The van der Waals surface area contributed by atoms with Crippen molar-refractivity contribution >= 4 is 12.0 Å². The molecular weight excluding hydrogens is 268 g/mol. The Morgan fingerprint density at radius 1 is 1.38 bits per heavy atom. The average molecular weight is 294 g/mol. The van der Waals surface area contributed by atoms with E-state index in [0.717, 1.165) is 19.4 Å². The van der Waals surface area contributed by atoms with Crippen molar-refractivity contribution in [2.75, 3.05) is 19.6 Å². The molecule has 0 aromatic heterocycles. The molecule has 2 saturated heterocycles. The number of nitrogens with zero attached hydrogens (tertiary/aromatic N) is 2. The number of amides is 2. The summed E-state index contributed by atoms with van der Waals surface area (Å²) in [5, 5.41) is 0. The standard InChI is InChI=1S/C16H26N2O3/c1-5-12-9-14(19)18(10-12)13-7-6-8-17(11-13)15(20)21-16(2,3)4/h5,12-13H,1,6-11H2,2-4H3. The van der Waals surface area contributed by atoms with Gasteiger partial charge in [0.1, 0.15) is 5.60 Å². The number of rotatable bonds is 2. The van der Waals surface area contributed by atoms with Crippen LogP contribution in [0.3, 0.4) is 0 Å². The molecule has 5 heteroatoms. The van der Waals surface area contributed by atoms with Gasteiger partial charge in [0.05, 0.1) is 0 Å². The maximum absolute atomic E-state index is 12.2. The molecule has 2 atom stereocenters. The van der Waals surface area contributed by atoms with Crippen LogP contribution in [0.5, 0.6) is 0 Å². The lowest BCUT2D eigenvalue weighted by atomic mass is 10.0. The first-order chi connectivity index (χ1) is 9.80. The highest BCUT2D eigenvalue weighted by Crippen LogP contribution is 2.26. The Kier molecular flexibility index (Phi) is 4.59. The Labute approximate surface area is 126 Å². The van der Waals surface area contributed by atoms with Gasteiger partial charge in [-0.2, -0.15) is 0 Å². The van der Waals surface area contributed by atoms with Crippen LogP contribution in [0, 0.1) is 5.92 Å². The highest BCUT2D eigenvalue weighted by atomic mass is 16.6. The van der Waals surface area contributed by atoms with Crippen molar-refractivity contribution in [3.8, 4) is 0 Å². The van der Waals surface area contributed by atoms with Crippen LogP contribution in [0.25, 0.3) is 0 Å². The van der Waals surface area contributed by atoms with Gasteiger partial charge < -0.3 is 14.5 Å². The van der Waals surface area contributed by atoms with E-state index in [2.05, 4.69) is 6.58 Å². The summed E-state index contributed by atoms with van der Waals surface area (Å²) in [5.74, 6) is 0.422. The van der Waals surface area contributed by atoms with Crippen molar-refractivity contribution in [1.29, 1.82) is 0 Å². The largest absolute Gasteiger partial charge is 0.444 e. The quantitative estimate of drug-likeness (QED) is 0.735. The Hall–Kier alpha value is -1.52. The molecule has 0 radical (unpaired) electrons. The monoisotopic (exact) mass is 294 g/mol. The molecular formula is C16H26N2O3. The zero-order chi connectivity index (χ0) is 15.6. The van der Waals surface area contributed by atoms with Crippen LogP contribution in [0.15, 0.2) is 12.7 Å². The minimum Gasteiger partial charge on any atom is -0.444 e. The molecule has 2 aliphatic rings. The van der Waals surface area contributed by atoms with Crippen LogP contribution in [0.4, 0.5) is 4.79 Å². The second-order valence-corrected chi connectivity index (χ2v) is 6.97. The van der Waals surface area contributed by atoms with Crippen molar-refractivity contribution in [1.82, 2.24) is 9.80 Å². The second kappa shape index (κ2) is 6.08. The van der Waals surface area contributed by atoms with Crippen LogP contribution in [0.2, 0.25) is 0 Å². The second-order valence-electron chi connectivity index (χ2n) is 6.97. The highest BCUT2D eigenvalue weighted by molar-refractivity contribution is 5.79. The van der Waals surface area contributed by atoms with E-state index in [1.165, 1.54) is 0 Å². The Balaban J connectivity index is 1.96. The van der Waals surface area contributed by atoms with Crippen LogP contribution in [-0.2, 0) is 9.53 Å². The van der Waals surface area contributed by atoms with Gasteiger partial charge in [-0.05, 0) is 33.6 Å². The van der Waals surface area contributed by atoms with Gasteiger partial charge in [0, 0.05) is 38.0 Å². The van der Waals surface area contributed by atoms with Gasteiger partial charge in [-0.1, -0.05) is 6.08 Å². The first-order valence-electron chi connectivity index (χ1n) is 7.70. The first kappa shape index (κ1) is 15.9. The summed E-state index contributed by atoms with van der Waals surface area (Å²) in [6, 6.07) is 0.115. The van der Waals surface area contributed by atoms with Crippen LogP contribution in [0.1, 0.15) is 40.0 Å². The van der Waals surface area contributed by atoms with E-state index >= 15 is 0 Å². The topological polar surface area (TPSA) is 49.9 Å². The predicted molar refractivity (Wildman–Crippen MR) is 80.8 cm³/mol. The van der Waals surface area contributed by atoms with Crippen molar-refractivity contribution < 1.29 is 14.3 Å². The number of hydrogen-bond acceptors (Lipinski definition) is 3. The molecule has 0 aliphatic carbocycles. The Bertz CT molecular complexity index is 428. The zero-order valence-electron chi connectivity index (χ0n) is 13.3. The number of likely N-dealkylation sites (tertiary alicyclic amines) is 2. The number of ether oxygens (including phenoxy) is 1. The third kappa shape index (κ3) is 3.99. The molecule has 0 aromatic rings. The number of hydrogen-bond donors (Lipinski definition) is 0. The fraction of sp³-hybridized carbons (Fsp3) is 0.750. The molecule has 0 bridgehead atoms. The van der Waals surface area contributed by atoms with E-state index in [-0.39, 0.29) is 24.0 Å². The molecule has 2 rings (SSSR count). The van der Waals surface area contributed by atoms with Gasteiger partial charge in [0.2, 0.25) is 5.91 Å². The van der Waals surface area contributed by atoms with E-state index in [9.17, 15) is 9.59 Å². The number of piperidine rings is 1. The van der Waals surface area contributed by atoms with E-state index in [0.29, 0.717) is 19.5 Å². The lowest BCUT2D eigenvalue weighted by molar-refractivity contribution is -0.130. The highest BCUT2D eigenvalue weighted by Gasteiger charge is 2.36. The third-order valence-corrected chi connectivity index (χ3v) is 4.01. The SMILES string of the molecule is C=CC1CC(=O)N(C2CCCN(C(=O)OC(C)(C)C)C2)C1. The Morgan fingerprint density at radius 3 is 2.67 bits per heavy atom. The summed E-state index contributed by atoms with van der Waals surface area (Å²) in [6.07, 6.45) is 3.99. The van der Waals surface area contributed by atoms with E-state index in [4.69, 9.17) is 4.74 Å². The fourth-order valence-electron chi connectivity index (χ4n) is 2.97. The molecule has 2 amide bonds. The summed E-state index contributed by atoms with van der Waals surface area (Å²) in [5.41, 5.74) is -0.485. The van der Waals surface area contributed by atoms with Gasteiger partial charge >= 0.3 is 6.09 Å². The van der Waals surface area contributed by atoms with Crippen molar-refractivity contribution in [3.63, 3.8) is 0 Å². The summed E-state index contributed by atoms with van der Waals surface area (Å²) in [4.78, 5) is 27.9. The van der Waals surface area contributed by atoms with Gasteiger partial charge in [-0.15, -0.1) is 6.58 Å². The molecule has 5 nitrogen and oxygen atoms in total. The molecule has 2 heterocycles. The Morgan fingerprint density at radius 2 is 2.10 bits per heavy atom. The average Bonchev–Trinajstić information content (AvgIpc) is 2.78. The fourth-order valence-corrected chi connectivity index (χ4v) is 2.97. The van der Waals surface area contributed by atoms with E-state index < -0.39 is 5.60 Å². The smallest absolute Gasteiger partial charge is 0.410 e. The van der Waals surface area contributed by atoms with E-state index in [1.807, 2.05) is 31.7 Å². The van der Waals surface area contributed by atoms with Crippen molar-refractivity contribution in [3.05, 3.63) is 12.7 Å². The molecule has 0 aromatic carbocycles. The van der Waals surface area contributed by atoms with Gasteiger partial charge in [-0.3, -0.25) is 4.79 Å². The predicted octanol–water partition coefficient (Wildman–Crippen LogP) is 2.42. The zero-order valence-corrected chi connectivity index (χ0v) is 13.3. The maximum atomic E-state index is 12.2. The first-order valence-corrected chi connectivity index (χ1v) is 7.70. The molecule has 2 fully saturated rings. The maximum Gasteiger partial charge on any atom is 0.410 e. The molecule has 0 saturated carbocycles. The van der Waals surface area contributed by atoms with Gasteiger partial charge in [-0.25, -0.2) is 4.79 Å². The molecule has 118 valence electrons. The van der Waals surface area contributed by atoms with Crippen LogP contribution >= 0.6 is 0 Å². The van der Waals surface area contributed by atoms with Gasteiger partial charge in [0.25, 0.3) is 0 Å². The summed E-state index contributed by atoms with van der Waals surface area (Å²) >= 11 is 0.